The first-order valence-electron chi connectivity index (χ1n) is 18.1. The first-order valence-corrected chi connectivity index (χ1v) is 19.5. The molecule has 0 radical (unpaired) electrons. The summed E-state index contributed by atoms with van der Waals surface area (Å²) in [6.07, 6.45) is -0.0930. The number of carbonyl (C=O) groups is 2. The summed E-state index contributed by atoms with van der Waals surface area (Å²) in [5.41, 5.74) is 0.260. The molecule has 2 amide bonds. The maximum absolute atomic E-state index is 14.5. The van der Waals surface area contributed by atoms with E-state index in [0.29, 0.717) is 37.5 Å². The molecule has 5 rings (SSSR count). The van der Waals surface area contributed by atoms with Crippen molar-refractivity contribution in [2.45, 2.75) is 102 Å². The molecule has 2 aromatic rings. The van der Waals surface area contributed by atoms with Gasteiger partial charge >= 0.3 is 12.2 Å². The van der Waals surface area contributed by atoms with Gasteiger partial charge in [0.15, 0.2) is 17.8 Å². The monoisotopic (exact) mass is 747 g/mol. The summed E-state index contributed by atoms with van der Waals surface area (Å²) < 4.78 is 57.8. The summed E-state index contributed by atoms with van der Waals surface area (Å²) in [5.74, 6) is 0.538. The number of alkyl carbamates (subject to hydrolysis) is 1. The van der Waals surface area contributed by atoms with Gasteiger partial charge in [0, 0.05) is 31.6 Å². The molecule has 15 heteroatoms. The van der Waals surface area contributed by atoms with E-state index in [-0.39, 0.29) is 49.8 Å². The molecular weight excluding hydrogens is 694 g/mol. The predicted octanol–water partition coefficient (Wildman–Crippen LogP) is 4.84. The predicted molar refractivity (Wildman–Crippen MR) is 191 cm³/mol. The van der Waals surface area contributed by atoms with Crippen molar-refractivity contribution in [3.05, 3.63) is 54.1 Å². The van der Waals surface area contributed by atoms with Gasteiger partial charge in [-0.3, -0.25) is 4.90 Å². The summed E-state index contributed by atoms with van der Waals surface area (Å²) in [6, 6.07) is 12.1. The van der Waals surface area contributed by atoms with Gasteiger partial charge in [0.25, 0.3) is 0 Å². The number of fused-ring (bicyclic) bond motifs is 2. The number of aliphatic hydroxyl groups excluding tert-OH is 1. The summed E-state index contributed by atoms with van der Waals surface area (Å²) in [7, 11) is -4.23. The van der Waals surface area contributed by atoms with Crippen LogP contribution in [0.4, 0.5) is 9.59 Å². The fraction of sp³-hybridized carbons (Fsp3) is 0.622. The molecule has 0 aliphatic carbocycles. The van der Waals surface area contributed by atoms with Gasteiger partial charge in [-0.2, -0.15) is 4.31 Å². The van der Waals surface area contributed by atoms with Crippen LogP contribution in [0.1, 0.15) is 65.4 Å². The second-order valence-electron chi connectivity index (χ2n) is 14.8. The number of sulfonamides is 1. The average Bonchev–Trinajstić information content (AvgIpc) is 3.84. The summed E-state index contributed by atoms with van der Waals surface area (Å²) >= 11 is 0. The van der Waals surface area contributed by atoms with Crippen molar-refractivity contribution in [1.29, 1.82) is 0 Å². The van der Waals surface area contributed by atoms with Crippen LogP contribution in [0.5, 0.6) is 11.5 Å². The van der Waals surface area contributed by atoms with Crippen LogP contribution < -0.4 is 14.8 Å². The van der Waals surface area contributed by atoms with Crippen molar-refractivity contribution in [1.82, 2.24) is 14.5 Å². The van der Waals surface area contributed by atoms with Crippen LogP contribution >= 0.6 is 0 Å². The number of amides is 2. The Balaban J connectivity index is 1.38. The highest BCUT2D eigenvalue weighted by Crippen LogP contribution is 2.38. The fourth-order valence-corrected chi connectivity index (χ4v) is 8.87. The number of rotatable bonds is 18. The normalized spacial score (nSPS) is 20.9. The van der Waals surface area contributed by atoms with Crippen LogP contribution in [0.15, 0.2) is 53.4 Å². The Hall–Kier alpha value is -3.63. The molecule has 5 atom stereocenters. The van der Waals surface area contributed by atoms with Crippen LogP contribution in [-0.4, -0.2) is 110 Å². The number of aliphatic hydroxyl groups is 1. The topological polar surface area (TPSA) is 173 Å². The number of carbonyl (C=O) groups excluding carboxylic acids is 1. The summed E-state index contributed by atoms with van der Waals surface area (Å²) in [6.45, 7) is 8.21. The molecule has 3 heterocycles. The maximum Gasteiger partial charge on any atom is 0.407 e. The number of hydrogen-bond acceptors (Lipinski definition) is 10. The molecule has 0 aromatic heterocycles. The second kappa shape index (κ2) is 17.5. The van der Waals surface area contributed by atoms with Gasteiger partial charge in [0.1, 0.15) is 0 Å². The van der Waals surface area contributed by atoms with E-state index in [9.17, 15) is 28.2 Å². The minimum Gasteiger partial charge on any atom is -0.465 e. The zero-order valence-electron chi connectivity index (χ0n) is 30.4. The Bertz CT molecular complexity index is 1610. The van der Waals surface area contributed by atoms with Crippen molar-refractivity contribution in [3.63, 3.8) is 0 Å². The third-order valence-electron chi connectivity index (χ3n) is 9.79. The number of ether oxygens (including phenoxy) is 5. The molecule has 3 aliphatic heterocycles. The van der Waals surface area contributed by atoms with E-state index < -0.39 is 52.1 Å². The van der Waals surface area contributed by atoms with Gasteiger partial charge in [-0.05, 0) is 62.6 Å². The molecule has 3 aliphatic rings. The van der Waals surface area contributed by atoms with Crippen LogP contribution in [-0.2, 0) is 30.7 Å². The average molecular weight is 748 g/mol. The Labute approximate surface area is 306 Å². The van der Waals surface area contributed by atoms with Crippen LogP contribution in [0.2, 0.25) is 0 Å². The number of benzene rings is 2. The van der Waals surface area contributed by atoms with E-state index in [1.54, 1.807) is 19.9 Å². The van der Waals surface area contributed by atoms with Crippen molar-refractivity contribution < 1.29 is 51.9 Å². The van der Waals surface area contributed by atoms with E-state index in [2.05, 4.69) is 5.32 Å². The van der Waals surface area contributed by atoms with Crippen LogP contribution in [0.3, 0.4) is 0 Å². The fourth-order valence-electron chi connectivity index (χ4n) is 7.21. The first-order chi connectivity index (χ1) is 24.7. The quantitative estimate of drug-likeness (QED) is 0.178. The Kier molecular flexibility index (Phi) is 13.3. The Morgan fingerprint density at radius 3 is 2.52 bits per heavy atom. The molecule has 2 saturated heterocycles. The van der Waals surface area contributed by atoms with Gasteiger partial charge in [0.2, 0.25) is 16.8 Å². The lowest BCUT2D eigenvalue weighted by molar-refractivity contribution is -0.0906. The molecular formula is C37H53N3O11S. The molecule has 14 nitrogen and oxygen atoms in total. The van der Waals surface area contributed by atoms with Crippen molar-refractivity contribution >= 4 is 22.2 Å². The highest BCUT2D eigenvalue weighted by molar-refractivity contribution is 7.89. The number of nitrogens with zero attached hydrogens (tertiary/aromatic N) is 2. The molecule has 288 valence electrons. The standard InChI is InChI=1S/C37H53N3O11S/c1-25(2)51-35(42)38-17-10-6-9-16-37(3,4)23-39(52(45,46)27-13-14-32-33(20-27)50-24-49-32)21-31(41)29(19-26-11-7-5-8-12-26)40(36(43)44)30-22-48-34-28(30)15-18-47-34/h5,7-8,11-14,20,25,28-31,34,41H,6,9-10,15-19,21-24H2,1-4H3,(H,38,42)(H,43,44)/t28-,29-,30-,31+,34+/m0/s1. The Morgan fingerprint density at radius 2 is 1.79 bits per heavy atom. The molecule has 0 saturated carbocycles. The molecule has 2 aromatic carbocycles. The largest absolute Gasteiger partial charge is 0.465 e. The highest BCUT2D eigenvalue weighted by Gasteiger charge is 2.49. The van der Waals surface area contributed by atoms with E-state index in [4.69, 9.17) is 23.7 Å². The lowest BCUT2D eigenvalue weighted by atomic mass is 9.86. The zero-order valence-corrected chi connectivity index (χ0v) is 31.3. The van der Waals surface area contributed by atoms with Crippen molar-refractivity contribution in [3.8, 4) is 11.5 Å². The highest BCUT2D eigenvalue weighted by atomic mass is 32.2. The number of unbranched alkanes of at least 4 members (excludes halogenated alkanes) is 2. The van der Waals surface area contributed by atoms with Crippen molar-refractivity contribution in [2.24, 2.45) is 11.3 Å². The van der Waals surface area contributed by atoms with Gasteiger partial charge in [-0.25, -0.2) is 18.0 Å². The zero-order chi connectivity index (χ0) is 37.5. The number of nitrogens with one attached hydrogen (secondary N) is 1. The minimum absolute atomic E-state index is 0.0211. The molecule has 0 spiro atoms. The maximum atomic E-state index is 14.5. The Morgan fingerprint density at radius 1 is 1.04 bits per heavy atom. The van der Waals surface area contributed by atoms with E-state index >= 15 is 0 Å². The third-order valence-corrected chi connectivity index (χ3v) is 11.6. The number of carboxylic acid groups (broad SMARTS) is 1. The lowest BCUT2D eigenvalue weighted by Crippen LogP contribution is -2.58. The van der Waals surface area contributed by atoms with Gasteiger partial charge in [0.05, 0.1) is 42.4 Å². The van der Waals surface area contributed by atoms with Crippen molar-refractivity contribution in [2.75, 3.05) is 39.6 Å². The molecule has 2 fully saturated rings. The lowest BCUT2D eigenvalue weighted by Gasteiger charge is -2.40. The third kappa shape index (κ3) is 10.1. The minimum atomic E-state index is -4.23. The summed E-state index contributed by atoms with van der Waals surface area (Å²) in [4.78, 5) is 26.1. The van der Waals surface area contributed by atoms with E-state index in [1.807, 2.05) is 44.2 Å². The number of hydrogen-bond donors (Lipinski definition) is 3. The first kappa shape index (κ1) is 39.6. The van der Waals surface area contributed by atoms with Crippen LogP contribution in [0, 0.1) is 11.3 Å². The molecule has 3 N–H and O–H groups in total. The SMILES string of the molecule is CC(C)OC(=O)NCCCCCC(C)(C)CN(C[C@@H](O)[C@H](Cc1ccccc1)N(C(=O)O)[C@H]1CO[C@H]2OCC[C@H]21)S(=O)(=O)c1ccc2c(c1)OCO2. The van der Waals surface area contributed by atoms with Gasteiger partial charge in [-0.15, -0.1) is 0 Å². The van der Waals surface area contributed by atoms with Crippen LogP contribution in [0.25, 0.3) is 0 Å². The summed E-state index contributed by atoms with van der Waals surface area (Å²) in [5, 5.41) is 25.5. The van der Waals surface area contributed by atoms with Gasteiger partial charge in [-0.1, -0.05) is 57.0 Å². The molecule has 0 bridgehead atoms. The van der Waals surface area contributed by atoms with E-state index in [0.717, 1.165) is 24.8 Å². The van der Waals surface area contributed by atoms with Gasteiger partial charge < -0.3 is 39.2 Å². The molecule has 52 heavy (non-hydrogen) atoms. The van der Waals surface area contributed by atoms with E-state index in [1.165, 1.54) is 21.3 Å². The smallest absolute Gasteiger partial charge is 0.407 e. The molecule has 0 unspecified atom stereocenters. The second-order valence-corrected chi connectivity index (χ2v) is 16.7.